The van der Waals surface area contributed by atoms with E-state index >= 15 is 0 Å². The van der Waals surface area contributed by atoms with Gasteiger partial charge in [0.25, 0.3) is 0 Å². The number of nitrogens with two attached hydrogens (primary N) is 1. The molecule has 0 aromatic heterocycles. The van der Waals surface area contributed by atoms with E-state index in [4.69, 9.17) is 5.73 Å². The van der Waals surface area contributed by atoms with Gasteiger partial charge in [-0.3, -0.25) is 0 Å². The van der Waals surface area contributed by atoms with E-state index in [1.165, 1.54) is 44.9 Å². The summed E-state index contributed by atoms with van der Waals surface area (Å²) >= 11 is 0. The van der Waals surface area contributed by atoms with Crippen LogP contribution in [0.25, 0.3) is 0 Å². The molecule has 1 heteroatoms. The van der Waals surface area contributed by atoms with E-state index in [0.717, 1.165) is 5.92 Å². The summed E-state index contributed by atoms with van der Waals surface area (Å²) in [6, 6.07) is 0. The first-order valence-electron chi connectivity index (χ1n) is 7.08. The second-order valence-corrected chi connectivity index (χ2v) is 7.83. The molecule has 2 fully saturated rings. The molecule has 2 aliphatic carbocycles. The fourth-order valence-electron chi connectivity index (χ4n) is 4.48. The van der Waals surface area contributed by atoms with E-state index in [2.05, 4.69) is 27.7 Å². The standard InChI is InChI=1S/C15H29N/c1-5-6-14-7-8-15(16,11-14)12(10-14)9-13(2,3)4/h12H,5-11,16H2,1-4H3. The molecular weight excluding hydrogens is 194 g/mol. The molecule has 2 aliphatic rings. The zero-order valence-electron chi connectivity index (χ0n) is 11.6. The third-order valence-electron chi connectivity index (χ3n) is 4.96. The summed E-state index contributed by atoms with van der Waals surface area (Å²) in [7, 11) is 0. The average Bonchev–Trinajstić information content (AvgIpc) is 2.53. The Morgan fingerprint density at radius 2 is 1.94 bits per heavy atom. The molecule has 1 nitrogen and oxygen atoms in total. The van der Waals surface area contributed by atoms with Crippen LogP contribution in [0.15, 0.2) is 0 Å². The number of hydrogen-bond acceptors (Lipinski definition) is 1. The third-order valence-corrected chi connectivity index (χ3v) is 4.96. The van der Waals surface area contributed by atoms with Gasteiger partial charge in [-0.05, 0) is 55.3 Å². The van der Waals surface area contributed by atoms with Crippen molar-refractivity contribution in [2.75, 3.05) is 0 Å². The van der Waals surface area contributed by atoms with Gasteiger partial charge in [0.15, 0.2) is 0 Å². The Bertz CT molecular complexity index is 261. The lowest BCUT2D eigenvalue weighted by atomic mass is 9.71. The topological polar surface area (TPSA) is 26.0 Å². The van der Waals surface area contributed by atoms with Gasteiger partial charge in [0.05, 0.1) is 0 Å². The Kier molecular flexibility index (Phi) is 2.89. The molecule has 0 aliphatic heterocycles. The van der Waals surface area contributed by atoms with Crippen LogP contribution in [0.4, 0.5) is 0 Å². The molecule has 0 aromatic carbocycles. The van der Waals surface area contributed by atoms with Crippen LogP contribution in [-0.2, 0) is 0 Å². The van der Waals surface area contributed by atoms with Crippen LogP contribution >= 0.6 is 0 Å². The van der Waals surface area contributed by atoms with Gasteiger partial charge in [-0.1, -0.05) is 34.1 Å². The van der Waals surface area contributed by atoms with Crippen molar-refractivity contribution >= 4 is 0 Å². The normalized spacial score (nSPS) is 42.9. The van der Waals surface area contributed by atoms with E-state index in [0.29, 0.717) is 10.8 Å². The highest BCUT2D eigenvalue weighted by Gasteiger charge is 2.57. The van der Waals surface area contributed by atoms with Gasteiger partial charge in [-0.15, -0.1) is 0 Å². The number of fused-ring (bicyclic) bond motifs is 2. The molecule has 16 heavy (non-hydrogen) atoms. The maximum atomic E-state index is 6.67. The van der Waals surface area contributed by atoms with Gasteiger partial charge in [0.2, 0.25) is 0 Å². The zero-order valence-corrected chi connectivity index (χ0v) is 11.6. The van der Waals surface area contributed by atoms with E-state index in [-0.39, 0.29) is 5.54 Å². The second-order valence-electron chi connectivity index (χ2n) is 7.83. The van der Waals surface area contributed by atoms with Crippen LogP contribution in [0, 0.1) is 16.7 Å². The molecule has 2 rings (SSSR count). The first-order chi connectivity index (χ1) is 7.29. The lowest BCUT2D eigenvalue weighted by Gasteiger charge is -2.37. The summed E-state index contributed by atoms with van der Waals surface area (Å²) in [5, 5.41) is 0. The summed E-state index contributed by atoms with van der Waals surface area (Å²) in [5.74, 6) is 0.785. The SMILES string of the molecule is CCCC12CCC(N)(C1)C(CC(C)(C)C)C2. The van der Waals surface area contributed by atoms with Crippen LogP contribution in [0.2, 0.25) is 0 Å². The summed E-state index contributed by atoms with van der Waals surface area (Å²) in [4.78, 5) is 0. The Balaban J connectivity index is 2.08. The Hall–Kier alpha value is -0.0400. The number of rotatable bonds is 3. The fraction of sp³-hybridized carbons (Fsp3) is 1.00. The second kappa shape index (κ2) is 3.73. The first kappa shape index (κ1) is 12.4. The van der Waals surface area contributed by atoms with Gasteiger partial charge < -0.3 is 5.73 Å². The predicted octanol–water partition coefficient (Wildman–Crippen LogP) is 4.11. The van der Waals surface area contributed by atoms with E-state index < -0.39 is 0 Å². The van der Waals surface area contributed by atoms with Crippen LogP contribution in [-0.4, -0.2) is 5.54 Å². The summed E-state index contributed by atoms with van der Waals surface area (Å²) in [5.41, 5.74) is 7.94. The molecule has 0 spiro atoms. The van der Waals surface area contributed by atoms with Crippen molar-refractivity contribution in [1.82, 2.24) is 0 Å². The highest BCUT2D eigenvalue weighted by molar-refractivity contribution is 5.12. The minimum atomic E-state index is 0.197. The van der Waals surface area contributed by atoms with Crippen molar-refractivity contribution in [3.05, 3.63) is 0 Å². The monoisotopic (exact) mass is 223 g/mol. The van der Waals surface area contributed by atoms with Gasteiger partial charge in [0.1, 0.15) is 0 Å². The highest BCUT2D eigenvalue weighted by Crippen LogP contribution is 2.62. The predicted molar refractivity (Wildman–Crippen MR) is 70.3 cm³/mol. The molecule has 0 heterocycles. The third kappa shape index (κ3) is 2.16. The molecule has 0 amide bonds. The zero-order chi connectivity index (χ0) is 12.0. The van der Waals surface area contributed by atoms with Crippen molar-refractivity contribution in [3.63, 3.8) is 0 Å². The summed E-state index contributed by atoms with van der Waals surface area (Å²) in [6.45, 7) is 9.39. The number of hydrogen-bond donors (Lipinski definition) is 1. The lowest BCUT2D eigenvalue weighted by molar-refractivity contribution is 0.166. The molecular formula is C15H29N. The molecule has 2 bridgehead atoms. The maximum absolute atomic E-state index is 6.67. The molecule has 3 atom stereocenters. The highest BCUT2D eigenvalue weighted by atomic mass is 14.8. The minimum absolute atomic E-state index is 0.197. The molecule has 94 valence electrons. The van der Waals surface area contributed by atoms with Crippen molar-refractivity contribution in [1.29, 1.82) is 0 Å². The van der Waals surface area contributed by atoms with Crippen LogP contribution in [0.3, 0.4) is 0 Å². The van der Waals surface area contributed by atoms with Crippen LogP contribution in [0.5, 0.6) is 0 Å². The molecule has 0 saturated heterocycles. The first-order valence-corrected chi connectivity index (χ1v) is 7.08. The molecule has 0 aromatic rings. The Morgan fingerprint density at radius 3 is 2.50 bits per heavy atom. The van der Waals surface area contributed by atoms with Gasteiger partial charge in [-0.25, -0.2) is 0 Å². The molecule has 2 saturated carbocycles. The summed E-state index contributed by atoms with van der Waals surface area (Å²) in [6.07, 6.45) is 9.47. The van der Waals surface area contributed by atoms with Crippen molar-refractivity contribution in [3.8, 4) is 0 Å². The van der Waals surface area contributed by atoms with Gasteiger partial charge >= 0.3 is 0 Å². The lowest BCUT2D eigenvalue weighted by Crippen LogP contribution is -2.43. The Morgan fingerprint density at radius 1 is 1.25 bits per heavy atom. The quantitative estimate of drug-likeness (QED) is 0.765. The van der Waals surface area contributed by atoms with Gasteiger partial charge in [0, 0.05) is 5.54 Å². The van der Waals surface area contributed by atoms with Gasteiger partial charge in [-0.2, -0.15) is 0 Å². The van der Waals surface area contributed by atoms with Crippen LogP contribution in [0.1, 0.15) is 72.6 Å². The molecule has 3 unspecified atom stereocenters. The Labute approximate surface area is 101 Å². The van der Waals surface area contributed by atoms with E-state index in [1.54, 1.807) is 0 Å². The van der Waals surface area contributed by atoms with Crippen molar-refractivity contribution in [2.45, 2.75) is 78.2 Å². The molecule has 2 N–H and O–H groups in total. The van der Waals surface area contributed by atoms with Crippen LogP contribution < -0.4 is 5.73 Å². The maximum Gasteiger partial charge on any atom is 0.0188 e. The summed E-state index contributed by atoms with van der Waals surface area (Å²) < 4.78 is 0. The van der Waals surface area contributed by atoms with E-state index in [9.17, 15) is 0 Å². The minimum Gasteiger partial charge on any atom is -0.325 e. The van der Waals surface area contributed by atoms with E-state index in [1.807, 2.05) is 0 Å². The largest absolute Gasteiger partial charge is 0.325 e. The smallest absolute Gasteiger partial charge is 0.0188 e. The molecule has 0 radical (unpaired) electrons. The fourth-order valence-corrected chi connectivity index (χ4v) is 4.48. The van der Waals surface area contributed by atoms with Crippen molar-refractivity contribution in [2.24, 2.45) is 22.5 Å². The average molecular weight is 223 g/mol. The van der Waals surface area contributed by atoms with Crippen molar-refractivity contribution < 1.29 is 0 Å².